The fourth-order valence-electron chi connectivity index (χ4n) is 1.41. The molecule has 0 radical (unpaired) electrons. The maximum Gasteiger partial charge on any atom is 0.337 e. The predicted molar refractivity (Wildman–Crippen MR) is 79.0 cm³/mol. The van der Waals surface area contributed by atoms with Gasteiger partial charge < -0.3 is 5.11 Å². The molecule has 0 amide bonds. The highest BCUT2D eigenvalue weighted by atomic mass is 35.5. The third-order valence-electron chi connectivity index (χ3n) is 2.30. The van der Waals surface area contributed by atoms with Gasteiger partial charge in [0.05, 0.1) is 20.6 Å². The van der Waals surface area contributed by atoms with Gasteiger partial charge in [0.25, 0.3) is 0 Å². The van der Waals surface area contributed by atoms with Crippen LogP contribution in [0.3, 0.4) is 0 Å². The SMILES string of the molecule is O=C(O)c1ccc(Sc2ccc(Cl)c(Cl)c2)cc1Cl. The Kier molecular flexibility index (Phi) is 4.63. The van der Waals surface area contributed by atoms with Crippen LogP contribution in [0.4, 0.5) is 0 Å². The van der Waals surface area contributed by atoms with Gasteiger partial charge in [0.15, 0.2) is 0 Å². The molecule has 19 heavy (non-hydrogen) atoms. The zero-order chi connectivity index (χ0) is 14.0. The number of aromatic carboxylic acids is 1. The van der Waals surface area contributed by atoms with Crippen molar-refractivity contribution in [2.75, 3.05) is 0 Å². The predicted octanol–water partition coefficient (Wildman–Crippen LogP) is 5.50. The quantitative estimate of drug-likeness (QED) is 0.806. The Morgan fingerprint density at radius 3 is 2.00 bits per heavy atom. The van der Waals surface area contributed by atoms with Crippen molar-refractivity contribution in [3.8, 4) is 0 Å². The zero-order valence-electron chi connectivity index (χ0n) is 9.36. The van der Waals surface area contributed by atoms with E-state index in [9.17, 15) is 4.79 Å². The molecule has 0 bridgehead atoms. The van der Waals surface area contributed by atoms with Crippen LogP contribution in [0.15, 0.2) is 46.2 Å². The van der Waals surface area contributed by atoms with Crippen LogP contribution in [0.5, 0.6) is 0 Å². The molecule has 0 aliphatic heterocycles. The minimum atomic E-state index is -1.05. The van der Waals surface area contributed by atoms with E-state index < -0.39 is 5.97 Å². The Balaban J connectivity index is 2.26. The van der Waals surface area contributed by atoms with Crippen LogP contribution in [0.1, 0.15) is 10.4 Å². The van der Waals surface area contributed by atoms with E-state index in [1.807, 2.05) is 6.07 Å². The van der Waals surface area contributed by atoms with Crippen molar-refractivity contribution in [3.63, 3.8) is 0 Å². The number of halogens is 3. The second-order valence-electron chi connectivity index (χ2n) is 3.62. The first-order valence-corrected chi connectivity index (χ1v) is 7.08. The van der Waals surface area contributed by atoms with E-state index in [4.69, 9.17) is 39.9 Å². The van der Waals surface area contributed by atoms with Crippen molar-refractivity contribution in [3.05, 3.63) is 57.0 Å². The van der Waals surface area contributed by atoms with Gasteiger partial charge in [0, 0.05) is 9.79 Å². The highest BCUT2D eigenvalue weighted by Gasteiger charge is 2.09. The van der Waals surface area contributed by atoms with Crippen LogP contribution >= 0.6 is 46.6 Å². The largest absolute Gasteiger partial charge is 0.478 e. The minimum Gasteiger partial charge on any atom is -0.478 e. The van der Waals surface area contributed by atoms with Crippen LogP contribution in [0, 0.1) is 0 Å². The molecule has 0 aliphatic rings. The van der Waals surface area contributed by atoms with Crippen LogP contribution in [-0.4, -0.2) is 11.1 Å². The van der Waals surface area contributed by atoms with Gasteiger partial charge in [-0.25, -0.2) is 4.79 Å². The summed E-state index contributed by atoms with van der Waals surface area (Å²) >= 11 is 19.1. The second kappa shape index (κ2) is 6.06. The second-order valence-corrected chi connectivity index (χ2v) is 5.99. The number of hydrogen-bond acceptors (Lipinski definition) is 2. The van der Waals surface area contributed by atoms with Gasteiger partial charge in [-0.1, -0.05) is 46.6 Å². The van der Waals surface area contributed by atoms with Gasteiger partial charge in [-0.15, -0.1) is 0 Å². The van der Waals surface area contributed by atoms with Gasteiger partial charge in [-0.05, 0) is 36.4 Å². The molecule has 0 aliphatic carbocycles. The molecule has 0 fully saturated rings. The lowest BCUT2D eigenvalue weighted by atomic mass is 10.2. The molecular formula is C13H7Cl3O2S. The summed E-state index contributed by atoms with van der Waals surface area (Å²) in [4.78, 5) is 12.6. The summed E-state index contributed by atoms with van der Waals surface area (Å²) in [6.45, 7) is 0. The van der Waals surface area contributed by atoms with Crippen molar-refractivity contribution in [2.24, 2.45) is 0 Å². The monoisotopic (exact) mass is 332 g/mol. The summed E-state index contributed by atoms with van der Waals surface area (Å²) in [6, 6.07) is 10.1. The molecule has 2 rings (SSSR count). The zero-order valence-corrected chi connectivity index (χ0v) is 12.4. The normalized spacial score (nSPS) is 10.5. The van der Waals surface area contributed by atoms with Gasteiger partial charge in [-0.2, -0.15) is 0 Å². The summed E-state index contributed by atoms with van der Waals surface area (Å²) < 4.78 is 0. The molecule has 98 valence electrons. The van der Waals surface area contributed by atoms with E-state index in [2.05, 4.69) is 0 Å². The summed E-state index contributed by atoms with van der Waals surface area (Å²) in [5.74, 6) is -1.05. The van der Waals surface area contributed by atoms with E-state index in [1.54, 1.807) is 24.3 Å². The number of carboxylic acids is 1. The first kappa shape index (κ1) is 14.5. The average Bonchev–Trinajstić information content (AvgIpc) is 2.33. The third kappa shape index (κ3) is 3.57. The fraction of sp³-hybridized carbons (Fsp3) is 0. The first-order chi connectivity index (χ1) is 8.97. The van der Waals surface area contributed by atoms with Crippen LogP contribution in [0.2, 0.25) is 15.1 Å². The van der Waals surface area contributed by atoms with Crippen molar-refractivity contribution >= 4 is 52.5 Å². The lowest BCUT2D eigenvalue weighted by molar-refractivity contribution is 0.0697. The molecule has 0 saturated heterocycles. The lowest BCUT2D eigenvalue weighted by Crippen LogP contribution is -1.96. The maximum atomic E-state index is 10.9. The summed E-state index contributed by atoms with van der Waals surface area (Å²) in [5.41, 5.74) is 0.0835. The molecule has 2 aromatic rings. The van der Waals surface area contributed by atoms with Crippen molar-refractivity contribution < 1.29 is 9.90 Å². The minimum absolute atomic E-state index is 0.0835. The fourth-order valence-corrected chi connectivity index (χ4v) is 3.00. The van der Waals surface area contributed by atoms with Crippen LogP contribution in [0.25, 0.3) is 0 Å². The molecule has 0 unspecified atom stereocenters. The standard InChI is InChI=1S/C13H7Cl3O2S/c14-10-4-2-8(6-12(10)16)19-7-1-3-9(13(17)18)11(15)5-7/h1-6H,(H,17,18). The summed E-state index contributed by atoms with van der Waals surface area (Å²) in [5, 5.41) is 10.1. The van der Waals surface area contributed by atoms with E-state index in [0.717, 1.165) is 9.79 Å². The van der Waals surface area contributed by atoms with E-state index >= 15 is 0 Å². The molecular weight excluding hydrogens is 327 g/mol. The molecule has 0 heterocycles. The number of hydrogen-bond donors (Lipinski definition) is 1. The van der Waals surface area contributed by atoms with Gasteiger partial charge >= 0.3 is 5.97 Å². The molecule has 0 aromatic heterocycles. The molecule has 6 heteroatoms. The van der Waals surface area contributed by atoms with E-state index in [1.165, 1.54) is 17.8 Å². The Bertz CT molecular complexity index is 644. The molecule has 2 nitrogen and oxygen atoms in total. The van der Waals surface area contributed by atoms with Crippen LogP contribution in [-0.2, 0) is 0 Å². The third-order valence-corrected chi connectivity index (χ3v) is 4.33. The Morgan fingerprint density at radius 2 is 1.47 bits per heavy atom. The van der Waals surface area contributed by atoms with Crippen molar-refractivity contribution in [2.45, 2.75) is 9.79 Å². The maximum absolute atomic E-state index is 10.9. The van der Waals surface area contributed by atoms with E-state index in [-0.39, 0.29) is 10.6 Å². The Labute approximate surface area is 129 Å². The highest BCUT2D eigenvalue weighted by Crippen LogP contribution is 2.34. The van der Waals surface area contributed by atoms with Crippen molar-refractivity contribution in [1.82, 2.24) is 0 Å². The van der Waals surface area contributed by atoms with Gasteiger partial charge in [0.2, 0.25) is 0 Å². The first-order valence-electron chi connectivity index (χ1n) is 5.13. The van der Waals surface area contributed by atoms with E-state index in [0.29, 0.717) is 10.0 Å². The molecule has 2 aromatic carbocycles. The number of rotatable bonds is 3. The lowest BCUT2D eigenvalue weighted by Gasteiger charge is -2.05. The van der Waals surface area contributed by atoms with Crippen molar-refractivity contribution in [1.29, 1.82) is 0 Å². The summed E-state index contributed by atoms with van der Waals surface area (Å²) in [6.07, 6.45) is 0. The van der Waals surface area contributed by atoms with Crippen LogP contribution < -0.4 is 0 Å². The topological polar surface area (TPSA) is 37.3 Å². The molecule has 0 atom stereocenters. The smallest absolute Gasteiger partial charge is 0.337 e. The van der Waals surface area contributed by atoms with Gasteiger partial charge in [0.1, 0.15) is 0 Å². The molecule has 0 spiro atoms. The summed E-state index contributed by atoms with van der Waals surface area (Å²) in [7, 11) is 0. The average molecular weight is 334 g/mol. The Morgan fingerprint density at radius 1 is 0.895 bits per heavy atom. The van der Waals surface area contributed by atoms with Gasteiger partial charge in [-0.3, -0.25) is 0 Å². The number of carboxylic acid groups (broad SMARTS) is 1. The number of carbonyl (C=O) groups is 1. The molecule has 0 saturated carbocycles. The Hall–Kier alpha value is -0.870. The number of benzene rings is 2. The molecule has 1 N–H and O–H groups in total. The highest BCUT2D eigenvalue weighted by molar-refractivity contribution is 7.99.